The van der Waals surface area contributed by atoms with E-state index in [2.05, 4.69) is 39.5 Å². The molecule has 0 spiro atoms. The summed E-state index contributed by atoms with van der Waals surface area (Å²) < 4.78 is 0. The van der Waals surface area contributed by atoms with Crippen molar-refractivity contribution < 1.29 is 0 Å². The minimum atomic E-state index is 0.311. The van der Waals surface area contributed by atoms with E-state index in [-0.39, 0.29) is 0 Å². The Kier molecular flexibility index (Phi) is 6.48. The van der Waals surface area contributed by atoms with E-state index in [4.69, 9.17) is 0 Å². The first-order chi connectivity index (χ1) is 13.6. The van der Waals surface area contributed by atoms with Crippen LogP contribution >= 0.6 is 0 Å². The van der Waals surface area contributed by atoms with Crippen LogP contribution in [0.4, 0.5) is 0 Å². The maximum absolute atomic E-state index is 2.89. The van der Waals surface area contributed by atoms with Crippen molar-refractivity contribution in [1.82, 2.24) is 4.90 Å². The molecule has 0 amide bonds. The molecular weight excluding hydrogens is 350 g/mol. The number of hydrogen-bond donors (Lipinski definition) is 0. The molecule has 0 saturated heterocycles. The van der Waals surface area contributed by atoms with Crippen LogP contribution < -0.4 is 0 Å². The predicted molar refractivity (Wildman–Crippen MR) is 126 cm³/mol. The molecule has 0 radical (unpaired) electrons. The molecule has 0 aromatic heterocycles. The fourth-order valence-corrected chi connectivity index (χ4v) is 8.70. The molecule has 0 heterocycles. The zero-order valence-corrected chi connectivity index (χ0v) is 20.6. The Morgan fingerprint density at radius 2 is 1.41 bits per heavy atom. The van der Waals surface area contributed by atoms with E-state index in [0.717, 1.165) is 23.7 Å². The molecule has 0 aromatic carbocycles. The summed E-state index contributed by atoms with van der Waals surface area (Å²) in [6, 6.07) is 0. The van der Waals surface area contributed by atoms with Gasteiger partial charge in [-0.1, -0.05) is 46.0 Å². The molecule has 4 bridgehead atoms. The van der Waals surface area contributed by atoms with Crippen LogP contribution in [0.3, 0.4) is 0 Å². The lowest BCUT2D eigenvalue weighted by Gasteiger charge is -2.50. The number of nitrogens with zero attached hydrogens (tertiary/aromatic N) is 1. The second kappa shape index (κ2) is 8.48. The van der Waals surface area contributed by atoms with Crippen molar-refractivity contribution in [3.63, 3.8) is 0 Å². The number of fused-ring (bicyclic) bond motifs is 4. The molecule has 4 aliphatic carbocycles. The van der Waals surface area contributed by atoms with Gasteiger partial charge < -0.3 is 0 Å². The molecular formula is C28H51N. The van der Waals surface area contributed by atoms with Crippen molar-refractivity contribution in [3.8, 4) is 0 Å². The first-order valence-electron chi connectivity index (χ1n) is 13.4. The summed E-state index contributed by atoms with van der Waals surface area (Å²) in [6.45, 7) is 15.3. The van der Waals surface area contributed by atoms with Crippen molar-refractivity contribution >= 4 is 0 Å². The molecule has 4 fully saturated rings. The maximum Gasteiger partial charge on any atom is 0.0125 e. The van der Waals surface area contributed by atoms with Crippen molar-refractivity contribution in [2.45, 2.75) is 130 Å². The van der Waals surface area contributed by atoms with Gasteiger partial charge in [0.05, 0.1) is 0 Å². The van der Waals surface area contributed by atoms with Crippen LogP contribution in [0.5, 0.6) is 0 Å². The third-order valence-corrected chi connectivity index (χ3v) is 9.86. The van der Waals surface area contributed by atoms with Crippen LogP contribution in [0, 0.1) is 34.5 Å². The molecule has 0 aliphatic heterocycles. The normalized spacial score (nSPS) is 42.8. The molecule has 168 valence electrons. The van der Waals surface area contributed by atoms with Gasteiger partial charge in [0.1, 0.15) is 0 Å². The molecule has 1 heteroatoms. The second-order valence-electron chi connectivity index (χ2n) is 13.8. The number of rotatable bonds is 6. The Balaban J connectivity index is 1.36. The minimum Gasteiger partial charge on any atom is -0.298 e. The van der Waals surface area contributed by atoms with E-state index in [0.29, 0.717) is 16.4 Å². The van der Waals surface area contributed by atoms with Gasteiger partial charge in [0, 0.05) is 5.54 Å². The molecule has 0 N–H and O–H groups in total. The number of hydrogen-bond acceptors (Lipinski definition) is 1. The highest BCUT2D eigenvalue weighted by molar-refractivity contribution is 4.95. The SMILES string of the molecule is CC1CC2CCCC(CCN(CCC3(C)CC4CCCC(C4)C3)C(C)(C)C)(C1)C2. The highest BCUT2D eigenvalue weighted by atomic mass is 15.2. The van der Waals surface area contributed by atoms with Crippen molar-refractivity contribution in [1.29, 1.82) is 0 Å². The summed E-state index contributed by atoms with van der Waals surface area (Å²) in [7, 11) is 0. The van der Waals surface area contributed by atoms with E-state index < -0.39 is 0 Å². The van der Waals surface area contributed by atoms with Gasteiger partial charge in [0.25, 0.3) is 0 Å². The standard InChI is InChI=1S/C28H51N/c1-22-16-23-10-7-11-28(18-22,21-23)13-15-29(26(2,3)4)14-12-27(5)19-24-8-6-9-25(17-24)20-27/h22-25H,6-21H2,1-5H3. The topological polar surface area (TPSA) is 3.24 Å². The van der Waals surface area contributed by atoms with Crippen LogP contribution in [0.25, 0.3) is 0 Å². The molecule has 5 atom stereocenters. The summed E-state index contributed by atoms with van der Waals surface area (Å²) in [4.78, 5) is 2.89. The van der Waals surface area contributed by atoms with Gasteiger partial charge in [0.15, 0.2) is 0 Å². The molecule has 4 rings (SSSR count). The fraction of sp³-hybridized carbons (Fsp3) is 1.00. The molecule has 29 heavy (non-hydrogen) atoms. The summed E-state index contributed by atoms with van der Waals surface area (Å²) in [6.07, 6.45) is 21.2. The van der Waals surface area contributed by atoms with Gasteiger partial charge in [-0.2, -0.15) is 0 Å². The lowest BCUT2D eigenvalue weighted by Crippen LogP contribution is -2.47. The summed E-state index contributed by atoms with van der Waals surface area (Å²) in [5.74, 6) is 4.13. The van der Waals surface area contributed by atoms with Gasteiger partial charge in [-0.25, -0.2) is 0 Å². The van der Waals surface area contributed by atoms with E-state index in [1.807, 2.05) is 0 Å². The highest BCUT2D eigenvalue weighted by Crippen LogP contribution is 2.53. The molecule has 4 saturated carbocycles. The Bertz CT molecular complexity index is 529. The zero-order valence-electron chi connectivity index (χ0n) is 20.6. The van der Waals surface area contributed by atoms with Gasteiger partial charge in [-0.05, 0) is 126 Å². The van der Waals surface area contributed by atoms with Gasteiger partial charge in [-0.15, -0.1) is 0 Å². The van der Waals surface area contributed by atoms with Gasteiger partial charge in [0.2, 0.25) is 0 Å². The van der Waals surface area contributed by atoms with E-state index in [1.165, 1.54) is 90.1 Å². The lowest BCUT2D eigenvalue weighted by atomic mass is 9.58. The van der Waals surface area contributed by atoms with Gasteiger partial charge in [-0.3, -0.25) is 4.90 Å². The van der Waals surface area contributed by atoms with E-state index in [9.17, 15) is 0 Å². The zero-order chi connectivity index (χ0) is 20.7. The van der Waals surface area contributed by atoms with Crippen LogP contribution in [0.15, 0.2) is 0 Å². The monoisotopic (exact) mass is 401 g/mol. The second-order valence-corrected chi connectivity index (χ2v) is 13.8. The predicted octanol–water partition coefficient (Wildman–Crippen LogP) is 8.08. The van der Waals surface area contributed by atoms with Crippen molar-refractivity contribution in [2.24, 2.45) is 34.5 Å². The van der Waals surface area contributed by atoms with Crippen LogP contribution in [0.1, 0.15) is 125 Å². The smallest absolute Gasteiger partial charge is 0.0125 e. The quantitative estimate of drug-likeness (QED) is 0.435. The minimum absolute atomic E-state index is 0.311. The third-order valence-electron chi connectivity index (χ3n) is 9.86. The lowest BCUT2D eigenvalue weighted by molar-refractivity contribution is 0.00782. The molecule has 0 aromatic rings. The average Bonchev–Trinajstić information content (AvgIpc) is 2.59. The fourth-order valence-electron chi connectivity index (χ4n) is 8.70. The van der Waals surface area contributed by atoms with Crippen molar-refractivity contribution in [2.75, 3.05) is 13.1 Å². The summed E-state index contributed by atoms with van der Waals surface area (Å²) in [5.41, 5.74) is 1.62. The van der Waals surface area contributed by atoms with E-state index in [1.54, 1.807) is 12.8 Å². The Hall–Kier alpha value is -0.0400. The van der Waals surface area contributed by atoms with Crippen LogP contribution in [0.2, 0.25) is 0 Å². The molecule has 1 nitrogen and oxygen atoms in total. The Labute approximate surface area is 182 Å². The molecule has 5 unspecified atom stereocenters. The highest BCUT2D eigenvalue weighted by Gasteiger charge is 2.43. The van der Waals surface area contributed by atoms with E-state index >= 15 is 0 Å². The van der Waals surface area contributed by atoms with Crippen LogP contribution in [-0.4, -0.2) is 23.5 Å². The Morgan fingerprint density at radius 3 is 2.10 bits per heavy atom. The van der Waals surface area contributed by atoms with Crippen molar-refractivity contribution in [3.05, 3.63) is 0 Å². The maximum atomic E-state index is 2.89. The summed E-state index contributed by atoms with van der Waals surface area (Å²) >= 11 is 0. The molecule has 4 aliphatic rings. The van der Waals surface area contributed by atoms with Crippen LogP contribution in [-0.2, 0) is 0 Å². The third kappa shape index (κ3) is 5.42. The summed E-state index contributed by atoms with van der Waals surface area (Å²) in [5, 5.41) is 0. The largest absolute Gasteiger partial charge is 0.298 e. The first-order valence-corrected chi connectivity index (χ1v) is 13.4. The Morgan fingerprint density at radius 1 is 0.793 bits per heavy atom. The average molecular weight is 402 g/mol. The van der Waals surface area contributed by atoms with Gasteiger partial charge >= 0.3 is 0 Å². The first kappa shape index (κ1) is 22.2.